The molecule has 1 amide bonds. The smallest absolute Gasteiger partial charge is 0.219 e. The molecule has 29 heavy (non-hydrogen) atoms. The maximum Gasteiger partial charge on any atom is 0.219 e. The Hall–Kier alpha value is -2.82. The third-order valence-electron chi connectivity index (χ3n) is 5.10. The topological polar surface area (TPSA) is 56.2 Å². The second kappa shape index (κ2) is 10.1. The summed E-state index contributed by atoms with van der Waals surface area (Å²) in [5.74, 6) is 2.08. The zero-order valence-corrected chi connectivity index (χ0v) is 17.7. The molecule has 0 saturated heterocycles. The number of carbonyl (C=O) groups excluding carboxylic acids is 1. The van der Waals surface area contributed by atoms with Crippen LogP contribution in [0.15, 0.2) is 42.5 Å². The molecule has 1 aromatic heterocycles. The molecule has 0 fully saturated rings. The Labute approximate surface area is 173 Å². The van der Waals surface area contributed by atoms with Gasteiger partial charge in [0.05, 0.1) is 17.6 Å². The van der Waals surface area contributed by atoms with Crippen LogP contribution in [0.2, 0.25) is 0 Å². The van der Waals surface area contributed by atoms with Gasteiger partial charge in [-0.3, -0.25) is 4.79 Å². The van der Waals surface area contributed by atoms with Gasteiger partial charge in [-0.2, -0.15) is 0 Å². The minimum Gasteiger partial charge on any atom is -0.493 e. The summed E-state index contributed by atoms with van der Waals surface area (Å²) in [7, 11) is 0. The van der Waals surface area contributed by atoms with Crippen molar-refractivity contribution in [2.75, 3.05) is 13.2 Å². The van der Waals surface area contributed by atoms with Crippen molar-refractivity contribution in [3.05, 3.63) is 59.4 Å². The number of unbranched alkanes of at least 4 members (excludes halogenated alkanes) is 1. The first kappa shape index (κ1) is 20.9. The van der Waals surface area contributed by atoms with E-state index in [1.54, 1.807) is 0 Å². The largest absolute Gasteiger partial charge is 0.493 e. The maximum absolute atomic E-state index is 11.5. The van der Waals surface area contributed by atoms with Crippen LogP contribution in [-0.4, -0.2) is 28.6 Å². The van der Waals surface area contributed by atoms with Crippen molar-refractivity contribution in [2.24, 2.45) is 0 Å². The molecular weight excluding hydrogens is 362 g/mol. The summed E-state index contributed by atoms with van der Waals surface area (Å²) in [5.41, 5.74) is 4.55. The van der Waals surface area contributed by atoms with Crippen molar-refractivity contribution >= 4 is 16.9 Å². The number of nitrogens with zero attached hydrogens (tertiary/aromatic N) is 2. The molecular formula is C24H31N3O2. The number of imidazole rings is 1. The van der Waals surface area contributed by atoms with E-state index in [1.807, 2.05) is 25.1 Å². The van der Waals surface area contributed by atoms with Crippen LogP contribution in [0.3, 0.4) is 0 Å². The quantitative estimate of drug-likeness (QED) is 0.513. The lowest BCUT2D eigenvalue weighted by Gasteiger charge is -2.12. The molecule has 1 heterocycles. The van der Waals surface area contributed by atoms with Gasteiger partial charge in [0.15, 0.2) is 0 Å². The van der Waals surface area contributed by atoms with Gasteiger partial charge in [0, 0.05) is 25.9 Å². The number of aryl methyl sites for hydroxylation is 3. The summed E-state index contributed by atoms with van der Waals surface area (Å²) in [4.78, 5) is 16.3. The summed E-state index contributed by atoms with van der Waals surface area (Å²) in [6, 6.07) is 14.5. The number of ether oxygens (including phenoxy) is 1. The van der Waals surface area contributed by atoms with Crippen molar-refractivity contribution < 1.29 is 9.53 Å². The van der Waals surface area contributed by atoms with Crippen LogP contribution in [-0.2, 0) is 17.8 Å². The normalized spacial score (nSPS) is 11.0. The van der Waals surface area contributed by atoms with Crippen molar-refractivity contribution in [1.29, 1.82) is 0 Å². The van der Waals surface area contributed by atoms with Crippen LogP contribution in [0.1, 0.15) is 43.1 Å². The molecule has 0 saturated carbocycles. The molecule has 0 unspecified atom stereocenters. The van der Waals surface area contributed by atoms with Crippen LogP contribution < -0.4 is 10.1 Å². The van der Waals surface area contributed by atoms with Crippen LogP contribution >= 0.6 is 0 Å². The molecule has 5 heteroatoms. The van der Waals surface area contributed by atoms with Crippen molar-refractivity contribution in [2.45, 2.75) is 53.0 Å². The minimum atomic E-state index is 0.0799. The molecule has 0 aliphatic rings. The number of fused-ring (bicyclic) bond motifs is 1. The minimum absolute atomic E-state index is 0.0799. The van der Waals surface area contributed by atoms with E-state index in [4.69, 9.17) is 9.72 Å². The molecule has 0 bridgehead atoms. The lowest BCUT2D eigenvalue weighted by molar-refractivity contribution is -0.120. The fourth-order valence-corrected chi connectivity index (χ4v) is 3.42. The zero-order chi connectivity index (χ0) is 20.6. The molecule has 1 N–H and O–H groups in total. The summed E-state index contributed by atoms with van der Waals surface area (Å²) >= 11 is 0. The summed E-state index contributed by atoms with van der Waals surface area (Å²) in [6.07, 6.45) is 3.24. The fourth-order valence-electron chi connectivity index (χ4n) is 3.42. The Bertz CT molecular complexity index is 962. The average Bonchev–Trinajstić information content (AvgIpc) is 3.07. The fraction of sp³-hybridized carbons (Fsp3) is 0.417. The van der Waals surface area contributed by atoms with E-state index >= 15 is 0 Å². The van der Waals surface area contributed by atoms with Gasteiger partial charge in [-0.1, -0.05) is 31.2 Å². The number of para-hydroxylation sites is 2. The van der Waals surface area contributed by atoms with Gasteiger partial charge in [0.25, 0.3) is 0 Å². The van der Waals surface area contributed by atoms with E-state index in [-0.39, 0.29) is 5.91 Å². The molecule has 5 nitrogen and oxygen atoms in total. The monoisotopic (exact) mass is 393 g/mol. The Morgan fingerprint density at radius 3 is 2.79 bits per heavy atom. The van der Waals surface area contributed by atoms with Crippen molar-refractivity contribution in [1.82, 2.24) is 14.9 Å². The predicted octanol–water partition coefficient (Wildman–Crippen LogP) is 4.58. The zero-order valence-electron chi connectivity index (χ0n) is 17.7. The molecule has 0 aliphatic carbocycles. The molecule has 2 aromatic carbocycles. The van der Waals surface area contributed by atoms with E-state index in [0.29, 0.717) is 19.6 Å². The SMILES string of the molecule is CCC(=O)NCCc1nc2ccccc2n1CCCCOc1cc(C)ccc1C. The first-order valence-electron chi connectivity index (χ1n) is 10.5. The Kier molecular flexibility index (Phi) is 7.28. The van der Waals surface area contributed by atoms with Crippen LogP contribution in [0, 0.1) is 13.8 Å². The van der Waals surface area contributed by atoms with Crippen LogP contribution in [0.5, 0.6) is 5.75 Å². The molecule has 0 aliphatic heterocycles. The average molecular weight is 394 g/mol. The van der Waals surface area contributed by atoms with Crippen LogP contribution in [0.4, 0.5) is 0 Å². The van der Waals surface area contributed by atoms with Gasteiger partial charge < -0.3 is 14.6 Å². The number of benzene rings is 2. The van der Waals surface area contributed by atoms with E-state index in [2.05, 4.69) is 48.0 Å². The highest BCUT2D eigenvalue weighted by Gasteiger charge is 2.10. The number of carbonyl (C=O) groups is 1. The van der Waals surface area contributed by atoms with Gasteiger partial charge >= 0.3 is 0 Å². The number of nitrogens with one attached hydrogen (secondary N) is 1. The number of amides is 1. The third kappa shape index (κ3) is 5.59. The molecule has 0 spiro atoms. The lowest BCUT2D eigenvalue weighted by atomic mass is 10.1. The van der Waals surface area contributed by atoms with Gasteiger partial charge in [0.2, 0.25) is 5.91 Å². The van der Waals surface area contributed by atoms with E-state index < -0.39 is 0 Å². The summed E-state index contributed by atoms with van der Waals surface area (Å²) in [6.45, 7) is 8.25. The van der Waals surface area contributed by atoms with Crippen molar-refractivity contribution in [3.8, 4) is 5.75 Å². The molecule has 0 radical (unpaired) electrons. The highest BCUT2D eigenvalue weighted by atomic mass is 16.5. The molecule has 3 rings (SSSR count). The Balaban J connectivity index is 1.57. The second-order valence-corrected chi connectivity index (χ2v) is 7.45. The van der Waals surface area contributed by atoms with Gasteiger partial charge in [-0.15, -0.1) is 0 Å². The summed E-state index contributed by atoms with van der Waals surface area (Å²) < 4.78 is 8.27. The standard InChI is InChI=1S/C24H31N3O2/c1-4-24(28)25-14-13-23-26-20-9-5-6-10-21(20)27(23)15-7-8-16-29-22-17-18(2)11-12-19(22)3/h5-6,9-12,17H,4,7-8,13-16H2,1-3H3,(H,25,28). The van der Waals surface area contributed by atoms with Gasteiger partial charge in [0.1, 0.15) is 11.6 Å². The van der Waals surface area contributed by atoms with E-state index in [0.717, 1.165) is 48.4 Å². The molecule has 154 valence electrons. The molecule has 0 atom stereocenters. The third-order valence-corrected chi connectivity index (χ3v) is 5.10. The second-order valence-electron chi connectivity index (χ2n) is 7.45. The van der Waals surface area contributed by atoms with Crippen molar-refractivity contribution in [3.63, 3.8) is 0 Å². The highest BCUT2D eigenvalue weighted by molar-refractivity contribution is 5.76. The number of aromatic nitrogens is 2. The van der Waals surface area contributed by atoms with E-state index in [9.17, 15) is 4.79 Å². The molecule has 3 aromatic rings. The predicted molar refractivity (Wildman–Crippen MR) is 117 cm³/mol. The van der Waals surface area contributed by atoms with Gasteiger partial charge in [-0.05, 0) is 56.0 Å². The summed E-state index contributed by atoms with van der Waals surface area (Å²) in [5, 5.41) is 2.94. The highest BCUT2D eigenvalue weighted by Crippen LogP contribution is 2.20. The maximum atomic E-state index is 11.5. The lowest BCUT2D eigenvalue weighted by Crippen LogP contribution is -2.25. The number of hydrogen-bond donors (Lipinski definition) is 1. The van der Waals surface area contributed by atoms with Gasteiger partial charge in [-0.25, -0.2) is 4.98 Å². The van der Waals surface area contributed by atoms with E-state index in [1.165, 1.54) is 11.1 Å². The Morgan fingerprint density at radius 1 is 1.14 bits per heavy atom. The Morgan fingerprint density at radius 2 is 1.97 bits per heavy atom. The number of hydrogen-bond acceptors (Lipinski definition) is 3. The van der Waals surface area contributed by atoms with Crippen LogP contribution in [0.25, 0.3) is 11.0 Å². The number of rotatable bonds is 10. The first-order valence-corrected chi connectivity index (χ1v) is 10.5. The first-order chi connectivity index (χ1) is 14.1.